The number of esters is 1. The van der Waals surface area contributed by atoms with Crippen LogP contribution in [-0.4, -0.2) is 32.4 Å². The van der Waals surface area contributed by atoms with Gasteiger partial charge in [0.15, 0.2) is 6.10 Å². The van der Waals surface area contributed by atoms with Gasteiger partial charge >= 0.3 is 12.0 Å². The Morgan fingerprint density at radius 3 is 2.21 bits per heavy atom. The number of sulfonamides is 1. The highest BCUT2D eigenvalue weighted by Crippen LogP contribution is 2.14. The maximum Gasteiger partial charge on any atom is 0.338 e. The fraction of sp³-hybridized carbons (Fsp3) is 0.125. The van der Waals surface area contributed by atoms with Crippen LogP contribution >= 0.6 is 0 Å². The molecule has 0 saturated heterocycles. The van der Waals surface area contributed by atoms with Crippen molar-refractivity contribution in [2.75, 3.05) is 5.32 Å². The Morgan fingerprint density at radius 1 is 0.882 bits per heavy atom. The summed E-state index contributed by atoms with van der Waals surface area (Å²) in [5.41, 5.74) is 1.20. The van der Waals surface area contributed by atoms with Gasteiger partial charge in [-0.2, -0.15) is 0 Å². The molecule has 0 spiro atoms. The number of carbonyl (C=O) groups excluding carboxylic acids is 3. The molecule has 3 aromatic rings. The minimum absolute atomic E-state index is 0.0593. The van der Waals surface area contributed by atoms with Gasteiger partial charge < -0.3 is 10.1 Å². The molecule has 0 radical (unpaired) electrons. The standard InChI is InChI=1S/C24H23N3O6S/c1-17(22(28)27-24(30)26-20-12-6-3-7-13-20)33-23(29)19-11-8-14-21(15-19)34(31,32)25-16-18-9-4-2-5-10-18/h2-15,17,25H,16H2,1H3,(H2,26,27,28,30). The molecule has 0 aliphatic carbocycles. The summed E-state index contributed by atoms with van der Waals surface area (Å²) in [6.07, 6.45) is -1.30. The van der Waals surface area contributed by atoms with Crippen molar-refractivity contribution in [1.29, 1.82) is 0 Å². The van der Waals surface area contributed by atoms with Crippen molar-refractivity contribution in [1.82, 2.24) is 10.0 Å². The third kappa shape index (κ3) is 6.99. The van der Waals surface area contributed by atoms with Crippen LogP contribution in [0.25, 0.3) is 0 Å². The van der Waals surface area contributed by atoms with E-state index in [0.717, 1.165) is 11.6 Å². The van der Waals surface area contributed by atoms with Gasteiger partial charge in [-0.05, 0) is 42.8 Å². The van der Waals surface area contributed by atoms with Crippen molar-refractivity contribution >= 4 is 33.6 Å². The van der Waals surface area contributed by atoms with Gasteiger partial charge in [0, 0.05) is 12.2 Å². The van der Waals surface area contributed by atoms with Gasteiger partial charge in [0.25, 0.3) is 5.91 Å². The zero-order valence-electron chi connectivity index (χ0n) is 18.2. The van der Waals surface area contributed by atoms with Crippen molar-refractivity contribution in [3.63, 3.8) is 0 Å². The number of benzene rings is 3. The molecule has 0 aliphatic heterocycles. The number of ether oxygens (including phenoxy) is 1. The van der Waals surface area contributed by atoms with E-state index >= 15 is 0 Å². The minimum Gasteiger partial charge on any atom is -0.449 e. The van der Waals surface area contributed by atoms with E-state index in [-0.39, 0.29) is 17.0 Å². The number of anilines is 1. The molecule has 1 unspecified atom stereocenters. The van der Waals surface area contributed by atoms with Crippen LogP contribution in [0.1, 0.15) is 22.8 Å². The molecule has 1 atom stereocenters. The topological polar surface area (TPSA) is 131 Å². The molecule has 3 rings (SSSR count). The van der Waals surface area contributed by atoms with Gasteiger partial charge in [-0.3, -0.25) is 10.1 Å². The number of amides is 3. The zero-order valence-corrected chi connectivity index (χ0v) is 19.0. The Kier molecular flexibility index (Phi) is 8.12. The number of imide groups is 1. The van der Waals surface area contributed by atoms with E-state index in [2.05, 4.69) is 15.4 Å². The molecular formula is C24H23N3O6S. The van der Waals surface area contributed by atoms with Crippen molar-refractivity contribution in [2.24, 2.45) is 0 Å². The van der Waals surface area contributed by atoms with Crippen LogP contribution in [0.2, 0.25) is 0 Å². The second-order valence-corrected chi connectivity index (χ2v) is 8.96. The summed E-state index contributed by atoms with van der Waals surface area (Å²) in [6, 6.07) is 21.9. The summed E-state index contributed by atoms with van der Waals surface area (Å²) in [4.78, 5) is 36.5. The Hall–Kier alpha value is -4.02. The summed E-state index contributed by atoms with van der Waals surface area (Å²) < 4.78 is 32.8. The summed E-state index contributed by atoms with van der Waals surface area (Å²) in [6.45, 7) is 1.38. The van der Waals surface area contributed by atoms with E-state index in [1.165, 1.54) is 25.1 Å². The van der Waals surface area contributed by atoms with Gasteiger partial charge in [0.2, 0.25) is 10.0 Å². The molecule has 0 heterocycles. The Morgan fingerprint density at radius 2 is 1.53 bits per heavy atom. The monoisotopic (exact) mass is 481 g/mol. The number of rotatable bonds is 8. The predicted molar refractivity (Wildman–Crippen MR) is 125 cm³/mol. The summed E-state index contributed by atoms with van der Waals surface area (Å²) in [7, 11) is -3.89. The number of nitrogens with one attached hydrogen (secondary N) is 3. The molecule has 0 bridgehead atoms. The maximum absolute atomic E-state index is 12.6. The predicted octanol–water partition coefficient (Wildman–Crippen LogP) is 3.06. The highest BCUT2D eigenvalue weighted by Gasteiger charge is 2.22. The molecule has 0 aromatic heterocycles. The Bertz CT molecular complexity index is 1260. The van der Waals surface area contributed by atoms with Gasteiger partial charge in [0.1, 0.15) is 0 Å². The van der Waals surface area contributed by atoms with Gasteiger partial charge in [0.05, 0.1) is 10.5 Å². The van der Waals surface area contributed by atoms with Crippen LogP contribution in [0.3, 0.4) is 0 Å². The van der Waals surface area contributed by atoms with Crippen LogP contribution in [0.15, 0.2) is 89.8 Å². The van der Waals surface area contributed by atoms with E-state index in [1.807, 2.05) is 6.07 Å². The SMILES string of the molecule is CC(OC(=O)c1cccc(S(=O)(=O)NCc2ccccc2)c1)C(=O)NC(=O)Nc1ccccc1. The fourth-order valence-electron chi connectivity index (χ4n) is 2.83. The number of para-hydroxylation sites is 1. The molecule has 0 aliphatic rings. The molecule has 176 valence electrons. The molecular weight excluding hydrogens is 458 g/mol. The van der Waals surface area contributed by atoms with Crippen LogP contribution in [0.5, 0.6) is 0 Å². The third-order valence-electron chi connectivity index (χ3n) is 4.61. The first-order valence-electron chi connectivity index (χ1n) is 10.3. The second-order valence-electron chi connectivity index (χ2n) is 7.19. The Balaban J connectivity index is 1.58. The minimum atomic E-state index is -3.89. The van der Waals surface area contributed by atoms with Gasteiger partial charge in [-0.1, -0.05) is 54.6 Å². The average Bonchev–Trinajstić information content (AvgIpc) is 2.84. The van der Waals surface area contributed by atoms with Crippen LogP contribution in [-0.2, 0) is 26.1 Å². The highest BCUT2D eigenvalue weighted by molar-refractivity contribution is 7.89. The zero-order chi connectivity index (χ0) is 24.6. The summed E-state index contributed by atoms with van der Waals surface area (Å²) >= 11 is 0. The van der Waals surface area contributed by atoms with Crippen molar-refractivity contribution in [2.45, 2.75) is 24.5 Å². The number of hydrogen-bond acceptors (Lipinski definition) is 6. The number of hydrogen-bond donors (Lipinski definition) is 3. The first-order chi connectivity index (χ1) is 16.2. The average molecular weight is 482 g/mol. The van der Waals surface area contributed by atoms with Gasteiger partial charge in [-0.15, -0.1) is 0 Å². The van der Waals surface area contributed by atoms with E-state index in [4.69, 9.17) is 4.74 Å². The highest BCUT2D eigenvalue weighted by atomic mass is 32.2. The fourth-order valence-corrected chi connectivity index (χ4v) is 3.89. The molecule has 3 aromatic carbocycles. The molecule has 0 saturated carbocycles. The Labute approximate surface area is 197 Å². The van der Waals surface area contributed by atoms with Crippen molar-refractivity contribution in [3.05, 3.63) is 96.1 Å². The molecule has 3 N–H and O–H groups in total. The molecule has 0 fully saturated rings. The van der Waals surface area contributed by atoms with E-state index in [9.17, 15) is 22.8 Å². The summed E-state index contributed by atoms with van der Waals surface area (Å²) in [5.74, 6) is -1.75. The van der Waals surface area contributed by atoms with Crippen LogP contribution < -0.4 is 15.4 Å². The normalized spacial score (nSPS) is 11.8. The number of urea groups is 1. The lowest BCUT2D eigenvalue weighted by atomic mass is 10.2. The molecule has 3 amide bonds. The number of carbonyl (C=O) groups is 3. The third-order valence-corrected chi connectivity index (χ3v) is 6.01. The van der Waals surface area contributed by atoms with Gasteiger partial charge in [-0.25, -0.2) is 22.7 Å². The largest absolute Gasteiger partial charge is 0.449 e. The molecule has 34 heavy (non-hydrogen) atoms. The molecule has 10 heteroatoms. The summed E-state index contributed by atoms with van der Waals surface area (Å²) in [5, 5.41) is 4.56. The lowest BCUT2D eigenvalue weighted by molar-refractivity contribution is -0.127. The second kappa shape index (κ2) is 11.2. The quantitative estimate of drug-likeness (QED) is 0.424. The lowest BCUT2D eigenvalue weighted by Gasteiger charge is -2.14. The lowest BCUT2D eigenvalue weighted by Crippen LogP contribution is -2.41. The first kappa shape index (κ1) is 24.6. The maximum atomic E-state index is 12.6. The smallest absolute Gasteiger partial charge is 0.338 e. The van der Waals surface area contributed by atoms with Crippen molar-refractivity contribution < 1.29 is 27.5 Å². The first-order valence-corrected chi connectivity index (χ1v) is 11.7. The van der Waals surface area contributed by atoms with Crippen molar-refractivity contribution in [3.8, 4) is 0 Å². The van der Waals surface area contributed by atoms with Crippen LogP contribution in [0, 0.1) is 0 Å². The van der Waals surface area contributed by atoms with E-state index in [1.54, 1.807) is 54.6 Å². The molecule has 9 nitrogen and oxygen atoms in total. The van der Waals surface area contributed by atoms with E-state index in [0.29, 0.717) is 5.69 Å². The van der Waals surface area contributed by atoms with Crippen LogP contribution in [0.4, 0.5) is 10.5 Å². The van der Waals surface area contributed by atoms with E-state index < -0.39 is 34.0 Å².